The van der Waals surface area contributed by atoms with Gasteiger partial charge in [0, 0.05) is 9.85 Å². The fourth-order valence-corrected chi connectivity index (χ4v) is 3.12. The molecule has 124 valence electrons. The zero-order valence-electron chi connectivity index (χ0n) is 12.5. The van der Waals surface area contributed by atoms with Crippen LogP contribution in [0.5, 0.6) is 5.75 Å². The summed E-state index contributed by atoms with van der Waals surface area (Å²) in [5.74, 6) is 0.298. The van der Waals surface area contributed by atoms with E-state index in [2.05, 4.69) is 36.4 Å². The molecule has 24 heavy (non-hydrogen) atoms. The average molecular weight is 410 g/mol. The van der Waals surface area contributed by atoms with Crippen LogP contribution in [-0.4, -0.2) is 38.3 Å². The van der Waals surface area contributed by atoms with Gasteiger partial charge >= 0.3 is 5.97 Å². The van der Waals surface area contributed by atoms with Crippen molar-refractivity contribution >= 4 is 33.2 Å². The Morgan fingerprint density at radius 3 is 3.04 bits per heavy atom. The Morgan fingerprint density at radius 1 is 1.42 bits per heavy atom. The predicted molar refractivity (Wildman–Crippen MR) is 89.4 cm³/mol. The Balaban J connectivity index is 1.65. The number of nitrogens with zero attached hydrogens (tertiary/aromatic N) is 5. The number of tetrazole rings is 1. The topological polar surface area (TPSA) is 92.0 Å². The van der Waals surface area contributed by atoms with Crippen molar-refractivity contribution in [1.82, 2.24) is 25.2 Å². The summed E-state index contributed by atoms with van der Waals surface area (Å²) in [5.41, 5.74) is 1.55. The lowest BCUT2D eigenvalue weighted by Gasteiger charge is -2.06. The van der Waals surface area contributed by atoms with E-state index in [-0.39, 0.29) is 13.2 Å². The molecule has 0 atom stereocenters. The van der Waals surface area contributed by atoms with E-state index < -0.39 is 5.97 Å². The molecule has 0 bridgehead atoms. The fraction of sp³-hybridized carbons (Fsp3) is 0.214. The molecule has 0 unspecified atom stereocenters. The first-order valence-corrected chi connectivity index (χ1v) is 8.47. The van der Waals surface area contributed by atoms with Crippen LogP contribution in [0.4, 0.5) is 0 Å². The molecule has 0 spiro atoms. The van der Waals surface area contributed by atoms with Crippen LogP contribution in [0, 0.1) is 0 Å². The van der Waals surface area contributed by atoms with E-state index >= 15 is 0 Å². The summed E-state index contributed by atoms with van der Waals surface area (Å²) >= 11 is 4.90. The highest BCUT2D eigenvalue weighted by Gasteiger charge is 2.12. The van der Waals surface area contributed by atoms with Gasteiger partial charge < -0.3 is 9.47 Å². The molecule has 2 heterocycles. The quantitative estimate of drug-likeness (QED) is 0.576. The van der Waals surface area contributed by atoms with Gasteiger partial charge in [-0.2, -0.15) is 0 Å². The van der Waals surface area contributed by atoms with Gasteiger partial charge in [-0.3, -0.25) is 4.79 Å². The lowest BCUT2D eigenvalue weighted by atomic mass is 10.2. The van der Waals surface area contributed by atoms with E-state index in [9.17, 15) is 4.79 Å². The number of rotatable bonds is 6. The Hall–Kier alpha value is -2.33. The van der Waals surface area contributed by atoms with E-state index in [0.29, 0.717) is 5.69 Å². The Kier molecular flexibility index (Phi) is 5.16. The minimum Gasteiger partial charge on any atom is -0.496 e. The van der Waals surface area contributed by atoms with Crippen LogP contribution in [0.2, 0.25) is 0 Å². The number of thiazole rings is 1. The zero-order valence-corrected chi connectivity index (χ0v) is 15.0. The van der Waals surface area contributed by atoms with Crippen molar-refractivity contribution < 1.29 is 14.3 Å². The predicted octanol–water partition coefficient (Wildman–Crippen LogP) is 2.31. The Morgan fingerprint density at radius 2 is 2.29 bits per heavy atom. The molecule has 0 saturated heterocycles. The number of halogens is 1. The first-order valence-electron chi connectivity index (χ1n) is 6.80. The highest BCUT2D eigenvalue weighted by Crippen LogP contribution is 2.34. The Labute approximate surface area is 149 Å². The van der Waals surface area contributed by atoms with E-state index in [4.69, 9.17) is 9.47 Å². The lowest BCUT2D eigenvalue weighted by molar-refractivity contribution is -0.146. The number of aromatic nitrogens is 5. The normalized spacial score (nSPS) is 10.6. The highest BCUT2D eigenvalue weighted by atomic mass is 79.9. The summed E-state index contributed by atoms with van der Waals surface area (Å²) in [7, 11) is 1.61. The molecule has 3 rings (SSSR count). The fourth-order valence-electron chi connectivity index (χ4n) is 1.93. The van der Waals surface area contributed by atoms with Crippen molar-refractivity contribution in [3.05, 3.63) is 40.1 Å². The second-order valence-corrected chi connectivity index (χ2v) is 6.43. The van der Waals surface area contributed by atoms with Crippen LogP contribution >= 0.6 is 27.3 Å². The number of carbonyl (C=O) groups excluding carboxylic acids is 1. The van der Waals surface area contributed by atoms with Gasteiger partial charge in [0.05, 0.1) is 18.4 Å². The molecule has 0 aliphatic rings. The van der Waals surface area contributed by atoms with Gasteiger partial charge in [0.1, 0.15) is 30.2 Å². The minimum absolute atomic E-state index is 0.0382. The first kappa shape index (κ1) is 16.5. The van der Waals surface area contributed by atoms with Crippen molar-refractivity contribution in [2.75, 3.05) is 7.11 Å². The Bertz CT molecular complexity index is 837. The molecule has 3 aromatic rings. The van der Waals surface area contributed by atoms with E-state index in [1.165, 1.54) is 22.3 Å². The number of hydrogen-bond donors (Lipinski definition) is 0. The number of hydrogen-bond acceptors (Lipinski definition) is 8. The third-order valence-electron chi connectivity index (χ3n) is 3.01. The summed E-state index contributed by atoms with van der Waals surface area (Å²) in [4.78, 5) is 16.2. The van der Waals surface area contributed by atoms with Gasteiger partial charge in [-0.1, -0.05) is 15.9 Å². The maximum atomic E-state index is 11.7. The third kappa shape index (κ3) is 3.95. The molecule has 10 heteroatoms. The van der Waals surface area contributed by atoms with Gasteiger partial charge in [-0.15, -0.1) is 16.4 Å². The molecular formula is C14H12BrN5O3S. The van der Waals surface area contributed by atoms with Crippen molar-refractivity contribution in [3.63, 3.8) is 0 Å². The maximum absolute atomic E-state index is 11.7. The van der Waals surface area contributed by atoms with Gasteiger partial charge in [-0.25, -0.2) is 9.67 Å². The maximum Gasteiger partial charge on any atom is 0.328 e. The number of carbonyl (C=O) groups is 1. The van der Waals surface area contributed by atoms with Crippen molar-refractivity contribution in [1.29, 1.82) is 0 Å². The van der Waals surface area contributed by atoms with Crippen LogP contribution in [0.1, 0.15) is 5.69 Å². The minimum atomic E-state index is -0.433. The zero-order chi connectivity index (χ0) is 16.9. The lowest BCUT2D eigenvalue weighted by Crippen LogP contribution is -2.14. The van der Waals surface area contributed by atoms with E-state index in [1.807, 2.05) is 23.6 Å². The van der Waals surface area contributed by atoms with Crippen LogP contribution in [0.15, 0.2) is 34.4 Å². The summed E-state index contributed by atoms with van der Waals surface area (Å²) in [6.45, 7) is 0.0528. The summed E-state index contributed by atoms with van der Waals surface area (Å²) in [6, 6.07) is 5.70. The second-order valence-electron chi connectivity index (χ2n) is 4.66. The van der Waals surface area contributed by atoms with E-state index in [1.54, 1.807) is 7.11 Å². The van der Waals surface area contributed by atoms with Crippen LogP contribution in [0.25, 0.3) is 10.6 Å². The molecule has 0 amide bonds. The molecule has 1 aromatic carbocycles. The van der Waals surface area contributed by atoms with Crippen LogP contribution < -0.4 is 4.74 Å². The second kappa shape index (κ2) is 7.49. The molecule has 0 aliphatic carbocycles. The molecule has 8 nitrogen and oxygen atoms in total. The number of ether oxygens (including phenoxy) is 2. The average Bonchev–Trinajstić information content (AvgIpc) is 3.24. The molecular weight excluding hydrogens is 398 g/mol. The van der Waals surface area contributed by atoms with Crippen LogP contribution in [-0.2, 0) is 22.7 Å². The SMILES string of the molecule is COc1ccc(Br)cc1-c1nc(COC(=O)Cn2cnnn2)cs1. The molecule has 0 N–H and O–H groups in total. The number of benzene rings is 1. The number of methoxy groups -OCH3 is 1. The molecule has 0 radical (unpaired) electrons. The molecule has 0 fully saturated rings. The van der Waals surface area contributed by atoms with E-state index in [0.717, 1.165) is 20.8 Å². The van der Waals surface area contributed by atoms with Crippen molar-refractivity contribution in [2.45, 2.75) is 13.2 Å². The summed E-state index contributed by atoms with van der Waals surface area (Å²) in [5, 5.41) is 13.1. The largest absolute Gasteiger partial charge is 0.496 e. The summed E-state index contributed by atoms with van der Waals surface area (Å²) in [6.07, 6.45) is 1.35. The van der Waals surface area contributed by atoms with Crippen molar-refractivity contribution in [3.8, 4) is 16.3 Å². The van der Waals surface area contributed by atoms with Gasteiger partial charge in [-0.05, 0) is 28.6 Å². The first-order chi connectivity index (χ1) is 11.7. The van der Waals surface area contributed by atoms with Gasteiger partial charge in [0.2, 0.25) is 0 Å². The number of esters is 1. The third-order valence-corrected chi connectivity index (χ3v) is 4.42. The highest BCUT2D eigenvalue weighted by molar-refractivity contribution is 9.10. The summed E-state index contributed by atoms with van der Waals surface area (Å²) < 4.78 is 12.8. The standard InChI is InChI=1S/C14H12BrN5O3S/c1-22-12-3-2-9(15)4-11(12)14-17-10(7-24-14)6-23-13(21)5-20-8-16-18-19-20/h2-4,7-8H,5-6H2,1H3. The molecule has 0 saturated carbocycles. The van der Waals surface area contributed by atoms with Gasteiger partial charge in [0.15, 0.2) is 0 Å². The molecule has 2 aromatic heterocycles. The van der Waals surface area contributed by atoms with Gasteiger partial charge in [0.25, 0.3) is 0 Å². The smallest absolute Gasteiger partial charge is 0.328 e. The molecule has 0 aliphatic heterocycles. The van der Waals surface area contributed by atoms with Crippen molar-refractivity contribution in [2.24, 2.45) is 0 Å². The van der Waals surface area contributed by atoms with Crippen LogP contribution in [0.3, 0.4) is 0 Å². The monoisotopic (exact) mass is 409 g/mol.